The smallest absolute Gasteiger partial charge is 0.334 e. The highest BCUT2D eigenvalue weighted by Crippen LogP contribution is 1.98. The van der Waals surface area contributed by atoms with Gasteiger partial charge in [0.15, 0.2) is 0 Å². The molecule has 0 bridgehead atoms. The van der Waals surface area contributed by atoms with Gasteiger partial charge in [0.05, 0.1) is 0 Å². The number of hydrogen-bond donors (Lipinski definition) is 3. The number of carbonyl (C=O) groups excluding carboxylic acids is 1. The zero-order valence-corrected chi connectivity index (χ0v) is 9.51. The summed E-state index contributed by atoms with van der Waals surface area (Å²) < 4.78 is 0. The molecule has 0 aliphatic heterocycles. The molecule has 2 amide bonds. The Labute approximate surface area is 103 Å². The number of benzene rings is 1. The SMILES string of the molecule is O=C(NCc1ccccc1)Nc1ccnc(=O)[nH]1. The molecule has 0 spiro atoms. The Kier molecular flexibility index (Phi) is 3.70. The van der Waals surface area contributed by atoms with Crippen molar-refractivity contribution in [3.05, 3.63) is 58.6 Å². The summed E-state index contributed by atoms with van der Waals surface area (Å²) in [5.74, 6) is 0.306. The minimum absolute atomic E-state index is 0.306. The lowest BCUT2D eigenvalue weighted by Crippen LogP contribution is -2.29. The number of nitrogens with zero attached hydrogens (tertiary/aromatic N) is 1. The Hall–Kier alpha value is -2.63. The quantitative estimate of drug-likeness (QED) is 0.755. The van der Waals surface area contributed by atoms with Crippen LogP contribution >= 0.6 is 0 Å². The summed E-state index contributed by atoms with van der Waals surface area (Å²) in [6.45, 7) is 0.419. The Bertz CT molecular complexity index is 580. The van der Waals surface area contributed by atoms with Crippen LogP contribution in [0.25, 0.3) is 0 Å². The second kappa shape index (κ2) is 5.62. The first-order chi connectivity index (χ1) is 8.74. The van der Waals surface area contributed by atoms with Crippen molar-refractivity contribution >= 4 is 11.8 Å². The normalized spacial score (nSPS) is 9.78. The molecular formula is C12H12N4O2. The van der Waals surface area contributed by atoms with Crippen molar-refractivity contribution in [2.45, 2.75) is 6.54 Å². The van der Waals surface area contributed by atoms with E-state index in [9.17, 15) is 9.59 Å². The van der Waals surface area contributed by atoms with Gasteiger partial charge < -0.3 is 5.32 Å². The van der Waals surface area contributed by atoms with Gasteiger partial charge in [-0.1, -0.05) is 30.3 Å². The summed E-state index contributed by atoms with van der Waals surface area (Å²) in [4.78, 5) is 28.3. The van der Waals surface area contributed by atoms with E-state index in [4.69, 9.17) is 0 Å². The van der Waals surface area contributed by atoms with E-state index in [2.05, 4.69) is 20.6 Å². The molecule has 0 aliphatic rings. The van der Waals surface area contributed by atoms with Gasteiger partial charge in [0.1, 0.15) is 5.82 Å². The van der Waals surface area contributed by atoms with Crippen molar-refractivity contribution in [3.8, 4) is 0 Å². The van der Waals surface area contributed by atoms with Gasteiger partial charge >= 0.3 is 11.7 Å². The number of rotatable bonds is 3. The Morgan fingerprint density at radius 2 is 2.00 bits per heavy atom. The lowest BCUT2D eigenvalue weighted by molar-refractivity contribution is 0.251. The number of aromatic nitrogens is 2. The van der Waals surface area contributed by atoms with Crippen molar-refractivity contribution < 1.29 is 4.79 Å². The monoisotopic (exact) mass is 244 g/mol. The second-order valence-electron chi connectivity index (χ2n) is 3.58. The van der Waals surface area contributed by atoms with Crippen LogP contribution in [0.5, 0.6) is 0 Å². The summed E-state index contributed by atoms with van der Waals surface area (Å²) in [5, 5.41) is 5.18. The van der Waals surface area contributed by atoms with Gasteiger partial charge in [-0.3, -0.25) is 10.3 Å². The number of urea groups is 1. The maximum absolute atomic E-state index is 11.5. The number of nitrogens with one attached hydrogen (secondary N) is 3. The van der Waals surface area contributed by atoms with Crippen LogP contribution in [-0.2, 0) is 6.54 Å². The summed E-state index contributed by atoms with van der Waals surface area (Å²) in [6, 6.07) is 10.6. The first-order valence-electron chi connectivity index (χ1n) is 5.38. The molecule has 0 atom stereocenters. The molecule has 2 rings (SSSR count). The molecule has 1 aromatic carbocycles. The van der Waals surface area contributed by atoms with Gasteiger partial charge in [0.25, 0.3) is 0 Å². The summed E-state index contributed by atoms with van der Waals surface area (Å²) >= 11 is 0. The predicted molar refractivity (Wildman–Crippen MR) is 67.2 cm³/mol. The first kappa shape index (κ1) is 11.8. The molecule has 1 aromatic heterocycles. The van der Waals surface area contributed by atoms with Crippen molar-refractivity contribution in [1.82, 2.24) is 15.3 Å². The zero-order valence-electron chi connectivity index (χ0n) is 9.51. The van der Waals surface area contributed by atoms with Crippen LogP contribution in [0.15, 0.2) is 47.4 Å². The number of hydrogen-bond acceptors (Lipinski definition) is 3. The number of H-pyrrole nitrogens is 1. The highest BCUT2D eigenvalue weighted by atomic mass is 16.2. The molecule has 0 unspecified atom stereocenters. The molecule has 3 N–H and O–H groups in total. The van der Waals surface area contributed by atoms with Crippen LogP contribution in [-0.4, -0.2) is 16.0 Å². The van der Waals surface area contributed by atoms with E-state index in [1.807, 2.05) is 30.3 Å². The fourth-order valence-corrected chi connectivity index (χ4v) is 1.39. The summed E-state index contributed by atoms with van der Waals surface area (Å²) in [7, 11) is 0. The van der Waals surface area contributed by atoms with Crippen molar-refractivity contribution in [2.24, 2.45) is 0 Å². The van der Waals surface area contributed by atoms with Crippen LogP contribution in [0.3, 0.4) is 0 Å². The lowest BCUT2D eigenvalue weighted by Gasteiger charge is -2.06. The minimum Gasteiger partial charge on any atom is -0.334 e. The third-order valence-corrected chi connectivity index (χ3v) is 2.22. The fourth-order valence-electron chi connectivity index (χ4n) is 1.39. The van der Waals surface area contributed by atoms with E-state index in [-0.39, 0.29) is 6.03 Å². The van der Waals surface area contributed by atoms with Gasteiger partial charge in [-0.05, 0) is 11.6 Å². The number of amides is 2. The largest absolute Gasteiger partial charge is 0.346 e. The highest BCUT2D eigenvalue weighted by molar-refractivity contribution is 5.87. The van der Waals surface area contributed by atoms with Crippen LogP contribution in [0.4, 0.5) is 10.6 Å². The van der Waals surface area contributed by atoms with Crippen LogP contribution < -0.4 is 16.3 Å². The Morgan fingerprint density at radius 1 is 1.22 bits per heavy atom. The van der Waals surface area contributed by atoms with Crippen LogP contribution in [0.1, 0.15) is 5.56 Å². The molecular weight excluding hydrogens is 232 g/mol. The first-order valence-corrected chi connectivity index (χ1v) is 5.38. The van der Waals surface area contributed by atoms with Crippen molar-refractivity contribution in [2.75, 3.05) is 5.32 Å². The maximum Gasteiger partial charge on any atom is 0.346 e. The zero-order chi connectivity index (χ0) is 12.8. The van der Waals surface area contributed by atoms with Gasteiger partial charge in [0.2, 0.25) is 0 Å². The molecule has 18 heavy (non-hydrogen) atoms. The topological polar surface area (TPSA) is 86.9 Å². The van der Waals surface area contributed by atoms with Gasteiger partial charge in [-0.25, -0.2) is 14.6 Å². The molecule has 6 nitrogen and oxygen atoms in total. The standard InChI is InChI=1S/C12H12N4O2/c17-11-13-7-6-10(15-11)16-12(18)14-8-9-4-2-1-3-5-9/h1-7H,8H2,(H3,13,14,15,16,17,18). The predicted octanol–water partition coefficient (Wildman–Crippen LogP) is 1.09. The van der Waals surface area contributed by atoms with E-state index >= 15 is 0 Å². The number of carbonyl (C=O) groups is 1. The van der Waals surface area contributed by atoms with E-state index in [1.54, 1.807) is 0 Å². The van der Waals surface area contributed by atoms with E-state index in [0.717, 1.165) is 5.56 Å². The molecule has 0 aliphatic carbocycles. The number of aromatic amines is 1. The van der Waals surface area contributed by atoms with Crippen molar-refractivity contribution in [1.29, 1.82) is 0 Å². The summed E-state index contributed by atoms with van der Waals surface area (Å²) in [6.07, 6.45) is 1.33. The molecule has 0 saturated carbocycles. The van der Waals surface area contributed by atoms with Gasteiger partial charge in [0, 0.05) is 12.7 Å². The molecule has 0 radical (unpaired) electrons. The summed E-state index contributed by atoms with van der Waals surface area (Å²) in [5.41, 5.74) is 0.492. The highest BCUT2D eigenvalue weighted by Gasteiger charge is 2.01. The molecule has 0 fully saturated rings. The lowest BCUT2D eigenvalue weighted by atomic mass is 10.2. The molecule has 2 aromatic rings. The van der Waals surface area contributed by atoms with Crippen molar-refractivity contribution in [3.63, 3.8) is 0 Å². The average molecular weight is 244 g/mol. The molecule has 92 valence electrons. The Balaban J connectivity index is 1.88. The van der Waals surface area contributed by atoms with Crippen LogP contribution in [0, 0.1) is 0 Å². The third kappa shape index (κ3) is 3.44. The average Bonchev–Trinajstić information content (AvgIpc) is 2.38. The van der Waals surface area contributed by atoms with Crippen LogP contribution in [0.2, 0.25) is 0 Å². The van der Waals surface area contributed by atoms with E-state index in [1.165, 1.54) is 12.3 Å². The number of anilines is 1. The third-order valence-electron chi connectivity index (χ3n) is 2.22. The minimum atomic E-state index is -0.504. The fraction of sp³-hybridized carbons (Fsp3) is 0.0833. The molecule has 6 heteroatoms. The van der Waals surface area contributed by atoms with E-state index in [0.29, 0.717) is 12.4 Å². The molecule has 1 heterocycles. The second-order valence-corrected chi connectivity index (χ2v) is 3.58. The van der Waals surface area contributed by atoms with E-state index < -0.39 is 5.69 Å². The Morgan fingerprint density at radius 3 is 2.72 bits per heavy atom. The molecule has 0 saturated heterocycles. The van der Waals surface area contributed by atoms with Gasteiger partial charge in [-0.15, -0.1) is 0 Å². The maximum atomic E-state index is 11.5. The van der Waals surface area contributed by atoms with Gasteiger partial charge in [-0.2, -0.15) is 0 Å².